The molecule has 7 nitrogen and oxygen atoms in total. The predicted octanol–water partition coefficient (Wildman–Crippen LogP) is 3.79. The van der Waals surface area contributed by atoms with Crippen molar-refractivity contribution in [1.82, 2.24) is 14.5 Å². The van der Waals surface area contributed by atoms with Crippen molar-refractivity contribution in [2.75, 3.05) is 18.1 Å². The standard InChI is InChI=1S/C26H24N4O3/c1-2-33-25(32)22-23(19-12-15-27-16-13-19)30-21-11-7-6-10-20(21)28-26(30)29(24(22)31)17-14-18-8-4-3-5-9-18/h3-13,15-16,22-23H,2,14,17H2,1H3/t22-,23-/m0/s1. The van der Waals surface area contributed by atoms with Crippen LogP contribution in [0.2, 0.25) is 0 Å². The Balaban J connectivity index is 1.67. The normalized spacial score (nSPS) is 17.7. The van der Waals surface area contributed by atoms with E-state index in [1.54, 1.807) is 24.2 Å². The SMILES string of the molecule is CCOC(=O)[C@@H]1C(=O)N(CCc2ccccc2)c2nc3ccccc3n2[C@H]1c1ccncc1. The second-order valence-corrected chi connectivity index (χ2v) is 7.95. The average Bonchev–Trinajstić information content (AvgIpc) is 3.23. The van der Waals surface area contributed by atoms with Crippen LogP contribution in [0.5, 0.6) is 0 Å². The third-order valence-corrected chi connectivity index (χ3v) is 6.00. The molecule has 0 bridgehead atoms. The summed E-state index contributed by atoms with van der Waals surface area (Å²) in [5.74, 6) is -1.31. The van der Waals surface area contributed by atoms with Crippen molar-refractivity contribution in [2.24, 2.45) is 5.92 Å². The molecular weight excluding hydrogens is 416 g/mol. The fourth-order valence-electron chi connectivity index (χ4n) is 4.51. The highest BCUT2D eigenvalue weighted by Crippen LogP contribution is 2.41. The maximum atomic E-state index is 13.8. The van der Waals surface area contributed by atoms with Crippen LogP contribution in [-0.2, 0) is 20.7 Å². The van der Waals surface area contributed by atoms with Gasteiger partial charge in [0.2, 0.25) is 11.9 Å². The predicted molar refractivity (Wildman–Crippen MR) is 125 cm³/mol. The zero-order valence-corrected chi connectivity index (χ0v) is 18.3. The molecule has 2 aromatic heterocycles. The van der Waals surface area contributed by atoms with Gasteiger partial charge in [0.05, 0.1) is 23.7 Å². The number of anilines is 1. The summed E-state index contributed by atoms with van der Waals surface area (Å²) in [6.07, 6.45) is 3.98. The summed E-state index contributed by atoms with van der Waals surface area (Å²) >= 11 is 0. The highest BCUT2D eigenvalue weighted by molar-refractivity contribution is 6.08. The smallest absolute Gasteiger partial charge is 0.321 e. The largest absolute Gasteiger partial charge is 0.465 e. The highest BCUT2D eigenvalue weighted by Gasteiger charge is 2.47. The number of carbonyl (C=O) groups excluding carboxylic acids is 2. The molecule has 0 spiro atoms. The lowest BCUT2D eigenvalue weighted by Gasteiger charge is -2.38. The van der Waals surface area contributed by atoms with Crippen molar-refractivity contribution in [3.05, 3.63) is 90.3 Å². The van der Waals surface area contributed by atoms with Crippen molar-refractivity contribution in [3.8, 4) is 0 Å². The van der Waals surface area contributed by atoms with Crippen molar-refractivity contribution >= 4 is 28.9 Å². The number of hydrogen-bond donors (Lipinski definition) is 0. The van der Waals surface area contributed by atoms with Gasteiger partial charge in [0.1, 0.15) is 0 Å². The molecule has 166 valence electrons. The third kappa shape index (κ3) is 3.75. The van der Waals surface area contributed by atoms with Crippen LogP contribution in [0.4, 0.5) is 5.95 Å². The number of hydrogen-bond acceptors (Lipinski definition) is 5. The summed E-state index contributed by atoms with van der Waals surface area (Å²) in [7, 11) is 0. The fraction of sp³-hybridized carbons (Fsp3) is 0.231. The van der Waals surface area contributed by atoms with Gasteiger partial charge in [0.25, 0.3) is 0 Å². The Morgan fingerprint density at radius 2 is 1.73 bits per heavy atom. The number of imidazole rings is 1. The molecule has 0 unspecified atom stereocenters. The quantitative estimate of drug-likeness (QED) is 0.337. The monoisotopic (exact) mass is 440 g/mol. The number of amides is 1. The first-order valence-corrected chi connectivity index (χ1v) is 11.1. The van der Waals surface area contributed by atoms with Gasteiger partial charge >= 0.3 is 5.97 Å². The van der Waals surface area contributed by atoms with Gasteiger partial charge in [-0.2, -0.15) is 0 Å². The number of ether oxygens (including phenoxy) is 1. The van der Waals surface area contributed by atoms with Crippen LogP contribution in [-0.4, -0.2) is 39.6 Å². The second-order valence-electron chi connectivity index (χ2n) is 7.95. The molecule has 7 heteroatoms. The molecule has 0 radical (unpaired) electrons. The Hall–Kier alpha value is -4.00. The average molecular weight is 441 g/mol. The van der Waals surface area contributed by atoms with Crippen molar-refractivity contribution in [2.45, 2.75) is 19.4 Å². The van der Waals surface area contributed by atoms with Gasteiger partial charge in [-0.3, -0.25) is 19.5 Å². The summed E-state index contributed by atoms with van der Waals surface area (Å²) in [6.45, 7) is 2.36. The maximum Gasteiger partial charge on any atom is 0.321 e. The number of nitrogens with zero attached hydrogens (tertiary/aromatic N) is 4. The van der Waals surface area contributed by atoms with E-state index < -0.39 is 17.9 Å². The van der Waals surface area contributed by atoms with E-state index in [9.17, 15) is 9.59 Å². The van der Waals surface area contributed by atoms with E-state index in [0.717, 1.165) is 22.2 Å². The molecule has 5 rings (SSSR count). The number of benzene rings is 2. The molecule has 4 aromatic rings. The van der Waals surface area contributed by atoms with Gasteiger partial charge in [-0.25, -0.2) is 4.98 Å². The molecule has 0 N–H and O–H groups in total. The number of aromatic nitrogens is 3. The van der Waals surface area contributed by atoms with Crippen LogP contribution in [0.25, 0.3) is 11.0 Å². The minimum Gasteiger partial charge on any atom is -0.465 e. The molecule has 33 heavy (non-hydrogen) atoms. The molecule has 0 fully saturated rings. The summed E-state index contributed by atoms with van der Waals surface area (Å²) in [5, 5.41) is 0. The molecule has 3 heterocycles. The minimum atomic E-state index is -1.02. The number of para-hydroxylation sites is 2. The second kappa shape index (κ2) is 8.86. The maximum absolute atomic E-state index is 13.8. The van der Waals surface area contributed by atoms with Gasteiger partial charge in [0.15, 0.2) is 5.92 Å². The fourth-order valence-corrected chi connectivity index (χ4v) is 4.51. The first-order chi connectivity index (χ1) is 16.2. The van der Waals surface area contributed by atoms with E-state index in [4.69, 9.17) is 9.72 Å². The van der Waals surface area contributed by atoms with E-state index in [2.05, 4.69) is 4.98 Å². The summed E-state index contributed by atoms with van der Waals surface area (Å²) in [4.78, 5) is 37.6. The molecule has 0 saturated carbocycles. The Morgan fingerprint density at radius 1 is 1.00 bits per heavy atom. The van der Waals surface area contributed by atoms with Crippen LogP contribution < -0.4 is 4.90 Å². The first-order valence-electron chi connectivity index (χ1n) is 11.1. The molecule has 1 aliphatic heterocycles. The van der Waals surface area contributed by atoms with E-state index >= 15 is 0 Å². The van der Waals surface area contributed by atoms with Gasteiger partial charge in [-0.05, 0) is 48.7 Å². The molecular formula is C26H24N4O3. The van der Waals surface area contributed by atoms with E-state index in [1.165, 1.54) is 0 Å². The van der Waals surface area contributed by atoms with Crippen LogP contribution in [0.3, 0.4) is 0 Å². The van der Waals surface area contributed by atoms with Gasteiger partial charge in [0, 0.05) is 18.9 Å². The molecule has 0 aliphatic carbocycles. The topological polar surface area (TPSA) is 77.3 Å². The molecule has 2 atom stereocenters. The highest BCUT2D eigenvalue weighted by atomic mass is 16.5. The third-order valence-electron chi connectivity index (χ3n) is 6.00. The van der Waals surface area contributed by atoms with Gasteiger partial charge in [-0.15, -0.1) is 0 Å². The van der Waals surface area contributed by atoms with E-state index in [-0.39, 0.29) is 12.5 Å². The van der Waals surface area contributed by atoms with Crippen LogP contribution in [0.1, 0.15) is 24.1 Å². The number of pyridine rings is 1. The Morgan fingerprint density at radius 3 is 2.48 bits per heavy atom. The van der Waals surface area contributed by atoms with Crippen LogP contribution in [0.15, 0.2) is 79.1 Å². The Labute approximate surface area is 191 Å². The van der Waals surface area contributed by atoms with E-state index in [0.29, 0.717) is 18.9 Å². The lowest BCUT2D eigenvalue weighted by Crippen LogP contribution is -2.50. The number of carbonyl (C=O) groups is 2. The lowest BCUT2D eigenvalue weighted by molar-refractivity contribution is -0.153. The molecule has 0 saturated heterocycles. The number of fused-ring (bicyclic) bond motifs is 3. The zero-order valence-electron chi connectivity index (χ0n) is 18.3. The van der Waals surface area contributed by atoms with Gasteiger partial charge in [-0.1, -0.05) is 42.5 Å². The van der Waals surface area contributed by atoms with Crippen molar-refractivity contribution in [3.63, 3.8) is 0 Å². The van der Waals surface area contributed by atoms with E-state index in [1.807, 2.05) is 71.3 Å². The minimum absolute atomic E-state index is 0.202. The number of esters is 1. The Bertz CT molecular complexity index is 1290. The summed E-state index contributed by atoms with van der Waals surface area (Å²) < 4.78 is 7.38. The first kappa shape index (κ1) is 20.9. The lowest BCUT2D eigenvalue weighted by atomic mass is 9.89. The number of rotatable bonds is 6. The van der Waals surface area contributed by atoms with Crippen LogP contribution >= 0.6 is 0 Å². The van der Waals surface area contributed by atoms with Crippen LogP contribution in [0, 0.1) is 5.92 Å². The zero-order chi connectivity index (χ0) is 22.8. The molecule has 2 aromatic carbocycles. The van der Waals surface area contributed by atoms with Crippen molar-refractivity contribution < 1.29 is 14.3 Å². The summed E-state index contributed by atoms with van der Waals surface area (Å²) in [6, 6.07) is 20.8. The Kier molecular flexibility index (Phi) is 5.60. The summed E-state index contributed by atoms with van der Waals surface area (Å²) in [5.41, 5.74) is 3.55. The van der Waals surface area contributed by atoms with Gasteiger partial charge < -0.3 is 9.30 Å². The van der Waals surface area contributed by atoms with Crippen molar-refractivity contribution in [1.29, 1.82) is 0 Å². The molecule has 1 aliphatic rings. The molecule has 1 amide bonds.